The van der Waals surface area contributed by atoms with E-state index in [2.05, 4.69) is 5.43 Å². The Morgan fingerprint density at radius 3 is 2.60 bits per heavy atom. The fourth-order valence-electron chi connectivity index (χ4n) is 1.66. The van der Waals surface area contributed by atoms with E-state index in [1.165, 1.54) is 6.07 Å². The first-order valence-corrected chi connectivity index (χ1v) is 4.97. The first-order chi connectivity index (χ1) is 7.24. The second-order valence-electron chi connectivity index (χ2n) is 3.35. The molecule has 0 heterocycles. The predicted molar refractivity (Wildman–Crippen MR) is 57.6 cm³/mol. The summed E-state index contributed by atoms with van der Waals surface area (Å²) in [5, 5.41) is 0. The van der Waals surface area contributed by atoms with Crippen molar-refractivity contribution in [3.8, 4) is 0 Å². The Bertz CT molecular complexity index is 302. The van der Waals surface area contributed by atoms with Crippen LogP contribution in [0.4, 0.5) is 4.39 Å². The van der Waals surface area contributed by atoms with Crippen LogP contribution in [0.2, 0.25) is 0 Å². The molecule has 1 aromatic carbocycles. The number of methoxy groups -OCH3 is 1. The molecule has 0 amide bonds. The minimum Gasteiger partial charge on any atom is -0.379 e. The first kappa shape index (κ1) is 12.1. The molecular weight excluding hydrogens is 195 g/mol. The molecule has 1 rings (SSSR count). The zero-order valence-electron chi connectivity index (χ0n) is 9.03. The molecule has 0 saturated carbocycles. The van der Waals surface area contributed by atoms with Gasteiger partial charge in [0.2, 0.25) is 0 Å². The van der Waals surface area contributed by atoms with Gasteiger partial charge in [0.25, 0.3) is 0 Å². The molecule has 2 atom stereocenters. The molecule has 0 aliphatic carbocycles. The molecule has 84 valence electrons. The summed E-state index contributed by atoms with van der Waals surface area (Å²) in [6.07, 6.45) is 0.631. The van der Waals surface area contributed by atoms with Crippen molar-refractivity contribution in [1.82, 2.24) is 5.43 Å². The number of hydrogen-bond acceptors (Lipinski definition) is 3. The summed E-state index contributed by atoms with van der Waals surface area (Å²) < 4.78 is 18.8. The summed E-state index contributed by atoms with van der Waals surface area (Å²) in [6, 6.07) is 6.25. The van der Waals surface area contributed by atoms with Gasteiger partial charge in [0.1, 0.15) is 5.82 Å². The normalized spacial score (nSPS) is 14.9. The van der Waals surface area contributed by atoms with Crippen LogP contribution in [0.15, 0.2) is 24.3 Å². The maximum absolute atomic E-state index is 13.5. The van der Waals surface area contributed by atoms with E-state index in [0.717, 1.165) is 6.42 Å². The lowest BCUT2D eigenvalue weighted by molar-refractivity contribution is 0.0639. The van der Waals surface area contributed by atoms with Crippen molar-refractivity contribution in [3.05, 3.63) is 35.6 Å². The molecule has 0 spiro atoms. The Balaban J connectivity index is 2.96. The number of hydrazine groups is 1. The SMILES string of the molecule is CCC(OC)C(NN)c1ccccc1F. The van der Waals surface area contributed by atoms with Crippen LogP contribution in [0.25, 0.3) is 0 Å². The summed E-state index contributed by atoms with van der Waals surface area (Å²) in [5.41, 5.74) is 3.13. The zero-order chi connectivity index (χ0) is 11.3. The minimum atomic E-state index is -0.318. The zero-order valence-corrected chi connectivity index (χ0v) is 9.03. The van der Waals surface area contributed by atoms with Crippen LogP contribution in [-0.2, 0) is 4.74 Å². The van der Waals surface area contributed by atoms with Crippen LogP contribution in [0.1, 0.15) is 24.9 Å². The second kappa shape index (κ2) is 5.80. The Morgan fingerprint density at radius 2 is 2.13 bits per heavy atom. The molecule has 3 nitrogen and oxygen atoms in total. The number of hydrogen-bond donors (Lipinski definition) is 2. The number of nitrogens with one attached hydrogen (secondary N) is 1. The van der Waals surface area contributed by atoms with E-state index < -0.39 is 0 Å². The van der Waals surface area contributed by atoms with Crippen LogP contribution in [-0.4, -0.2) is 13.2 Å². The van der Waals surface area contributed by atoms with Crippen LogP contribution in [0.5, 0.6) is 0 Å². The van der Waals surface area contributed by atoms with E-state index in [-0.39, 0.29) is 18.0 Å². The Kier molecular flexibility index (Phi) is 4.68. The smallest absolute Gasteiger partial charge is 0.128 e. The van der Waals surface area contributed by atoms with Crippen molar-refractivity contribution in [1.29, 1.82) is 0 Å². The Labute approximate surface area is 89.4 Å². The minimum absolute atomic E-state index is 0.133. The third kappa shape index (κ3) is 2.75. The standard InChI is InChI=1S/C11H17FN2O/c1-3-10(15-2)11(14-13)8-6-4-5-7-9(8)12/h4-7,10-11,14H,3,13H2,1-2H3. The predicted octanol–water partition coefficient (Wildman–Crippen LogP) is 1.76. The summed E-state index contributed by atoms with van der Waals surface area (Å²) in [5.74, 6) is 5.16. The van der Waals surface area contributed by atoms with E-state index in [1.54, 1.807) is 25.3 Å². The fourth-order valence-corrected chi connectivity index (χ4v) is 1.66. The molecule has 15 heavy (non-hydrogen) atoms. The van der Waals surface area contributed by atoms with E-state index in [0.29, 0.717) is 5.56 Å². The Hall–Kier alpha value is -0.970. The molecule has 0 aliphatic heterocycles. The van der Waals surface area contributed by atoms with Crippen LogP contribution < -0.4 is 11.3 Å². The molecule has 0 saturated heterocycles. The molecule has 4 heteroatoms. The van der Waals surface area contributed by atoms with Crippen molar-refractivity contribution >= 4 is 0 Å². The summed E-state index contributed by atoms with van der Waals surface area (Å²) in [7, 11) is 1.60. The average molecular weight is 212 g/mol. The van der Waals surface area contributed by atoms with Gasteiger partial charge in [-0.1, -0.05) is 25.1 Å². The summed E-state index contributed by atoms with van der Waals surface area (Å²) in [6.45, 7) is 1.97. The number of halogens is 1. The van der Waals surface area contributed by atoms with E-state index in [4.69, 9.17) is 10.6 Å². The molecule has 3 N–H and O–H groups in total. The molecule has 1 aromatic rings. The highest BCUT2D eigenvalue weighted by molar-refractivity contribution is 5.22. The molecule has 0 fully saturated rings. The molecule has 0 bridgehead atoms. The Morgan fingerprint density at radius 1 is 1.47 bits per heavy atom. The lowest BCUT2D eigenvalue weighted by atomic mass is 10.00. The van der Waals surface area contributed by atoms with Crippen molar-refractivity contribution in [2.45, 2.75) is 25.5 Å². The van der Waals surface area contributed by atoms with Gasteiger partial charge in [-0.25, -0.2) is 4.39 Å². The highest BCUT2D eigenvalue weighted by Crippen LogP contribution is 2.22. The number of ether oxygens (including phenoxy) is 1. The van der Waals surface area contributed by atoms with Gasteiger partial charge in [-0.15, -0.1) is 0 Å². The summed E-state index contributed by atoms with van der Waals surface area (Å²) in [4.78, 5) is 0. The van der Waals surface area contributed by atoms with Gasteiger partial charge >= 0.3 is 0 Å². The van der Waals surface area contributed by atoms with Gasteiger partial charge in [0.15, 0.2) is 0 Å². The topological polar surface area (TPSA) is 47.3 Å². The molecular formula is C11H17FN2O. The van der Waals surface area contributed by atoms with Gasteiger partial charge in [-0.3, -0.25) is 11.3 Å². The highest BCUT2D eigenvalue weighted by Gasteiger charge is 2.22. The molecule has 2 unspecified atom stereocenters. The highest BCUT2D eigenvalue weighted by atomic mass is 19.1. The number of nitrogens with two attached hydrogens (primary N) is 1. The maximum atomic E-state index is 13.5. The summed E-state index contributed by atoms with van der Waals surface area (Å²) >= 11 is 0. The number of rotatable bonds is 5. The van der Waals surface area contributed by atoms with Crippen LogP contribution >= 0.6 is 0 Å². The second-order valence-corrected chi connectivity index (χ2v) is 3.35. The largest absolute Gasteiger partial charge is 0.379 e. The third-order valence-electron chi connectivity index (χ3n) is 2.50. The monoisotopic (exact) mass is 212 g/mol. The van der Waals surface area contributed by atoms with Gasteiger partial charge < -0.3 is 4.74 Å². The van der Waals surface area contributed by atoms with Crippen molar-refractivity contribution < 1.29 is 9.13 Å². The third-order valence-corrected chi connectivity index (χ3v) is 2.50. The fraction of sp³-hybridized carbons (Fsp3) is 0.455. The quantitative estimate of drug-likeness (QED) is 0.577. The molecule has 0 aromatic heterocycles. The lowest BCUT2D eigenvalue weighted by Gasteiger charge is -2.24. The van der Waals surface area contributed by atoms with Crippen LogP contribution in [0.3, 0.4) is 0 Å². The number of benzene rings is 1. The average Bonchev–Trinajstić information content (AvgIpc) is 2.27. The molecule has 0 radical (unpaired) electrons. The van der Waals surface area contributed by atoms with Crippen LogP contribution in [0, 0.1) is 5.82 Å². The van der Waals surface area contributed by atoms with Crippen molar-refractivity contribution in [2.75, 3.05) is 7.11 Å². The van der Waals surface area contributed by atoms with Gasteiger partial charge in [-0.2, -0.15) is 0 Å². The van der Waals surface area contributed by atoms with Crippen molar-refractivity contribution in [2.24, 2.45) is 5.84 Å². The molecule has 0 aliphatic rings. The van der Waals surface area contributed by atoms with E-state index in [1.807, 2.05) is 6.92 Å². The van der Waals surface area contributed by atoms with Gasteiger partial charge in [-0.05, 0) is 12.5 Å². The van der Waals surface area contributed by atoms with Gasteiger partial charge in [0, 0.05) is 12.7 Å². The van der Waals surface area contributed by atoms with Gasteiger partial charge in [0.05, 0.1) is 12.1 Å². The maximum Gasteiger partial charge on any atom is 0.128 e. The lowest BCUT2D eigenvalue weighted by Crippen LogP contribution is -2.37. The van der Waals surface area contributed by atoms with Crippen molar-refractivity contribution in [3.63, 3.8) is 0 Å². The van der Waals surface area contributed by atoms with E-state index >= 15 is 0 Å². The van der Waals surface area contributed by atoms with E-state index in [9.17, 15) is 4.39 Å². The first-order valence-electron chi connectivity index (χ1n) is 4.97.